The van der Waals surface area contributed by atoms with E-state index in [2.05, 4.69) is 0 Å². The predicted molar refractivity (Wildman–Crippen MR) is 79.0 cm³/mol. The molecule has 0 bridgehead atoms. The Morgan fingerprint density at radius 1 is 1.10 bits per heavy atom. The maximum absolute atomic E-state index is 12.5. The van der Waals surface area contributed by atoms with E-state index < -0.39 is 11.9 Å². The summed E-state index contributed by atoms with van der Waals surface area (Å²) in [4.78, 5) is 25.4. The Labute approximate surface area is 123 Å². The van der Waals surface area contributed by atoms with Gasteiger partial charge >= 0.3 is 0 Å². The third-order valence-electron chi connectivity index (χ3n) is 3.86. The maximum atomic E-state index is 12.5. The van der Waals surface area contributed by atoms with Crippen molar-refractivity contribution >= 4 is 11.8 Å². The molecule has 2 heterocycles. The van der Waals surface area contributed by atoms with Gasteiger partial charge in [0.05, 0.1) is 0 Å². The van der Waals surface area contributed by atoms with Crippen LogP contribution >= 0.6 is 0 Å². The molecule has 3 rings (SSSR count). The summed E-state index contributed by atoms with van der Waals surface area (Å²) in [5, 5.41) is 0. The molecule has 108 valence electrons. The summed E-state index contributed by atoms with van der Waals surface area (Å²) in [7, 11) is 0. The van der Waals surface area contributed by atoms with Crippen LogP contribution in [0.5, 0.6) is 0 Å². The van der Waals surface area contributed by atoms with E-state index in [1.54, 1.807) is 17.0 Å². The molecule has 5 heteroatoms. The van der Waals surface area contributed by atoms with Crippen molar-refractivity contribution in [3.05, 3.63) is 54.4 Å². The van der Waals surface area contributed by atoms with E-state index in [1.165, 1.54) is 0 Å². The van der Waals surface area contributed by atoms with Crippen LogP contribution in [0, 0.1) is 0 Å². The quantitative estimate of drug-likeness (QED) is 0.929. The molecule has 1 unspecified atom stereocenters. The van der Waals surface area contributed by atoms with Gasteiger partial charge in [-0.3, -0.25) is 9.59 Å². The lowest BCUT2D eigenvalue weighted by Crippen LogP contribution is -2.43. The molecule has 1 saturated heterocycles. The van der Waals surface area contributed by atoms with Gasteiger partial charge in [-0.2, -0.15) is 0 Å². The summed E-state index contributed by atoms with van der Waals surface area (Å²) in [5.41, 5.74) is 6.93. The fourth-order valence-corrected chi connectivity index (χ4v) is 2.75. The number of carbonyl (C=O) groups excluding carboxylic acids is 2. The molecule has 2 aromatic rings. The minimum Gasteiger partial charge on any atom is -0.368 e. The van der Waals surface area contributed by atoms with Gasteiger partial charge in [-0.05, 0) is 49.2 Å². The summed E-state index contributed by atoms with van der Waals surface area (Å²) in [6.07, 6.45) is 5.37. The molecule has 1 fully saturated rings. The molecule has 0 saturated carbocycles. The van der Waals surface area contributed by atoms with Crippen molar-refractivity contribution in [1.29, 1.82) is 0 Å². The number of rotatable bonds is 3. The average Bonchev–Trinajstić information content (AvgIpc) is 3.18. The number of benzene rings is 1. The molecule has 0 spiro atoms. The van der Waals surface area contributed by atoms with Gasteiger partial charge in [0.2, 0.25) is 5.91 Å². The molecule has 1 aromatic heterocycles. The van der Waals surface area contributed by atoms with Crippen molar-refractivity contribution in [2.45, 2.75) is 18.9 Å². The lowest BCUT2D eigenvalue weighted by molar-refractivity contribution is -0.121. The number of nitrogens with two attached hydrogens (primary N) is 1. The van der Waals surface area contributed by atoms with Gasteiger partial charge in [0.1, 0.15) is 6.04 Å². The summed E-state index contributed by atoms with van der Waals surface area (Å²) in [5.74, 6) is -0.555. The van der Waals surface area contributed by atoms with Crippen molar-refractivity contribution in [2.24, 2.45) is 5.73 Å². The summed E-state index contributed by atoms with van der Waals surface area (Å²) in [6, 6.07) is 10.8. The van der Waals surface area contributed by atoms with Gasteiger partial charge in [0.15, 0.2) is 0 Å². The zero-order valence-corrected chi connectivity index (χ0v) is 11.6. The molecule has 0 radical (unpaired) electrons. The number of hydrogen-bond donors (Lipinski definition) is 1. The number of likely N-dealkylation sites (tertiary alicyclic amines) is 1. The van der Waals surface area contributed by atoms with Crippen molar-refractivity contribution in [1.82, 2.24) is 9.47 Å². The van der Waals surface area contributed by atoms with Crippen LogP contribution < -0.4 is 5.73 Å². The summed E-state index contributed by atoms with van der Waals surface area (Å²) in [6.45, 7) is 0.589. The second-order valence-corrected chi connectivity index (χ2v) is 5.20. The van der Waals surface area contributed by atoms with Crippen LogP contribution in [-0.4, -0.2) is 33.9 Å². The van der Waals surface area contributed by atoms with Crippen molar-refractivity contribution in [3.8, 4) is 5.69 Å². The first-order valence-electron chi connectivity index (χ1n) is 7.00. The third-order valence-corrected chi connectivity index (χ3v) is 3.86. The average molecular weight is 283 g/mol. The van der Waals surface area contributed by atoms with Crippen molar-refractivity contribution < 1.29 is 9.59 Å². The van der Waals surface area contributed by atoms with Crippen LogP contribution in [0.15, 0.2) is 48.8 Å². The highest BCUT2D eigenvalue weighted by Crippen LogP contribution is 2.20. The number of aromatic nitrogens is 1. The second-order valence-electron chi connectivity index (χ2n) is 5.20. The highest BCUT2D eigenvalue weighted by molar-refractivity contribution is 5.97. The Balaban J connectivity index is 1.80. The Kier molecular flexibility index (Phi) is 3.48. The molecule has 5 nitrogen and oxygen atoms in total. The van der Waals surface area contributed by atoms with Gasteiger partial charge in [0.25, 0.3) is 5.91 Å². The zero-order chi connectivity index (χ0) is 14.8. The Hall–Kier alpha value is -2.56. The molecule has 0 aliphatic carbocycles. The van der Waals surface area contributed by atoms with E-state index in [9.17, 15) is 9.59 Å². The molecule has 2 N–H and O–H groups in total. The third kappa shape index (κ3) is 2.54. The number of hydrogen-bond acceptors (Lipinski definition) is 2. The van der Waals surface area contributed by atoms with E-state index in [1.807, 2.05) is 41.2 Å². The van der Waals surface area contributed by atoms with Gasteiger partial charge in [-0.25, -0.2) is 0 Å². The minimum absolute atomic E-state index is 0.129. The van der Waals surface area contributed by atoms with Crippen LogP contribution in [-0.2, 0) is 4.79 Å². The second kappa shape index (κ2) is 5.44. The Morgan fingerprint density at radius 2 is 1.76 bits per heavy atom. The highest BCUT2D eigenvalue weighted by atomic mass is 16.2. The van der Waals surface area contributed by atoms with Crippen LogP contribution in [0.25, 0.3) is 5.69 Å². The predicted octanol–water partition coefficient (Wildman–Crippen LogP) is 1.57. The summed E-state index contributed by atoms with van der Waals surface area (Å²) < 4.78 is 1.97. The van der Waals surface area contributed by atoms with Crippen LogP contribution in [0.1, 0.15) is 23.2 Å². The van der Waals surface area contributed by atoms with E-state index in [-0.39, 0.29) is 5.91 Å². The first-order valence-corrected chi connectivity index (χ1v) is 7.00. The Morgan fingerprint density at radius 3 is 2.38 bits per heavy atom. The molecule has 1 aliphatic heterocycles. The first kappa shape index (κ1) is 13.4. The molecular formula is C16H17N3O2. The first-order chi connectivity index (χ1) is 10.2. The Bertz CT molecular complexity index is 647. The van der Waals surface area contributed by atoms with E-state index >= 15 is 0 Å². The standard InChI is InChI=1S/C16H17N3O2/c17-15(20)14-4-3-11-19(14)16(21)12-5-7-13(8-6-12)18-9-1-2-10-18/h1-2,5-10,14H,3-4,11H2,(H2,17,20). The normalized spacial score (nSPS) is 17.9. The number of amides is 2. The topological polar surface area (TPSA) is 68.3 Å². The van der Waals surface area contributed by atoms with Gasteiger partial charge in [-0.1, -0.05) is 0 Å². The number of carbonyl (C=O) groups is 2. The molecular weight excluding hydrogens is 266 g/mol. The lowest BCUT2D eigenvalue weighted by atomic mass is 10.1. The smallest absolute Gasteiger partial charge is 0.254 e. The SMILES string of the molecule is NC(=O)C1CCCN1C(=O)c1ccc(-n2cccc2)cc1. The largest absolute Gasteiger partial charge is 0.368 e. The zero-order valence-electron chi connectivity index (χ0n) is 11.6. The lowest BCUT2D eigenvalue weighted by Gasteiger charge is -2.22. The van der Waals surface area contributed by atoms with Crippen molar-refractivity contribution in [3.63, 3.8) is 0 Å². The molecule has 21 heavy (non-hydrogen) atoms. The summed E-state index contributed by atoms with van der Waals surface area (Å²) >= 11 is 0. The maximum Gasteiger partial charge on any atom is 0.254 e. The van der Waals surface area contributed by atoms with Crippen LogP contribution in [0.4, 0.5) is 0 Å². The number of primary amides is 1. The molecule has 1 aliphatic rings. The van der Waals surface area contributed by atoms with E-state index in [0.717, 1.165) is 12.1 Å². The van der Waals surface area contributed by atoms with Crippen LogP contribution in [0.3, 0.4) is 0 Å². The van der Waals surface area contributed by atoms with Gasteiger partial charge in [-0.15, -0.1) is 0 Å². The molecule has 1 aromatic carbocycles. The van der Waals surface area contributed by atoms with Gasteiger partial charge < -0.3 is 15.2 Å². The minimum atomic E-state index is -0.471. The highest BCUT2D eigenvalue weighted by Gasteiger charge is 2.32. The number of nitrogens with zero attached hydrogens (tertiary/aromatic N) is 2. The molecule has 2 amide bonds. The van der Waals surface area contributed by atoms with Crippen LogP contribution in [0.2, 0.25) is 0 Å². The monoisotopic (exact) mass is 283 g/mol. The van der Waals surface area contributed by atoms with E-state index in [0.29, 0.717) is 18.5 Å². The van der Waals surface area contributed by atoms with E-state index in [4.69, 9.17) is 5.73 Å². The van der Waals surface area contributed by atoms with Crippen molar-refractivity contribution in [2.75, 3.05) is 6.54 Å². The fraction of sp³-hybridized carbons (Fsp3) is 0.250. The molecule has 1 atom stereocenters. The van der Waals surface area contributed by atoms with Gasteiger partial charge in [0, 0.05) is 30.2 Å². The fourth-order valence-electron chi connectivity index (χ4n) is 2.75.